The smallest absolute Gasteiger partial charge is 0.220 e. The number of ether oxygens (including phenoxy) is 3. The Morgan fingerprint density at radius 3 is 1.41 bits per heavy atom. The number of unbranched alkanes of at least 4 members (excludes halogenated alkanes) is 22. The molecule has 7 nitrogen and oxygen atoms in total. The van der Waals surface area contributed by atoms with E-state index in [2.05, 4.69) is 24.5 Å². The average Bonchev–Trinajstić information content (AvgIpc) is 3.07. The van der Waals surface area contributed by atoms with Gasteiger partial charge in [0, 0.05) is 33.3 Å². The van der Waals surface area contributed by atoms with Crippen molar-refractivity contribution in [2.45, 2.75) is 213 Å². The Morgan fingerprint density at radius 1 is 0.633 bits per heavy atom. The van der Waals surface area contributed by atoms with E-state index in [9.17, 15) is 9.59 Å². The van der Waals surface area contributed by atoms with E-state index in [4.69, 9.17) is 14.2 Å². The molecular weight excluding hydrogens is 857 g/mol. The summed E-state index contributed by atoms with van der Waals surface area (Å²) >= 11 is 0. The molecule has 1 unspecified atom stereocenters. The van der Waals surface area contributed by atoms with Crippen molar-refractivity contribution in [2.75, 3.05) is 40.0 Å². The van der Waals surface area contributed by atoms with Crippen molar-refractivity contribution in [3.8, 4) is 0 Å². The molecule has 0 rings (SSSR count). The van der Waals surface area contributed by atoms with Crippen LogP contribution in [0, 0.1) is 0 Å². The van der Waals surface area contributed by atoms with E-state index in [0.717, 1.165) is 26.1 Å². The molecule has 0 radical (unpaired) electrons. The van der Waals surface area contributed by atoms with Crippen LogP contribution in [0.25, 0.3) is 0 Å². The minimum atomic E-state index is -0.111. The standard InChI is InChI=1S/C36H71N2O4.C5H12O.Fm/c1-3-5-7-9-11-13-15-17-19-21-23-25-30-41-33-35(32-38-36(40)28-27-29-37-34-39)42-31-26-24-22-20-18-16-14-12-10-8-6-4-2;1-5(2,3)6-4;/h35H,3-33H2,1-2H3,(H,37,39)(H,38,40);1-4H3;/q-1;;. The summed E-state index contributed by atoms with van der Waals surface area (Å²) in [4.78, 5) is 22.4. The third-order valence-electron chi connectivity index (χ3n) is 8.71. The molecule has 0 aliphatic heterocycles. The Balaban J connectivity index is -0.00000275. The van der Waals surface area contributed by atoms with Gasteiger partial charge in [-0.05, 0) is 46.6 Å². The molecule has 1 atom stereocenters. The van der Waals surface area contributed by atoms with Gasteiger partial charge >= 0.3 is 0 Å². The minimum Gasteiger partial charge on any atom is -0.530 e. The molecule has 49 heavy (non-hydrogen) atoms. The summed E-state index contributed by atoms with van der Waals surface area (Å²) in [6.07, 6.45) is 34.5. The van der Waals surface area contributed by atoms with E-state index in [1.165, 1.54) is 141 Å². The number of carbonyl (C=O) groups is 1. The Bertz CT molecular complexity index is 648. The monoisotopic (exact) mass is 941 g/mol. The Morgan fingerprint density at radius 2 is 1.02 bits per heavy atom. The molecule has 0 spiro atoms. The number of hydrogen-bond donors (Lipinski definition) is 2. The third kappa shape index (κ3) is 48.0. The van der Waals surface area contributed by atoms with E-state index in [-0.39, 0.29) is 17.6 Å². The second-order valence-electron chi connectivity index (χ2n) is 14.6. The Hall–Kier alpha value is -2.18. The summed E-state index contributed by atoms with van der Waals surface area (Å²) in [5, 5.41) is 5.46. The molecule has 0 aromatic heterocycles. The van der Waals surface area contributed by atoms with Crippen molar-refractivity contribution >= 4 is 12.3 Å². The van der Waals surface area contributed by atoms with E-state index >= 15 is 0 Å². The summed E-state index contributed by atoms with van der Waals surface area (Å²) in [5.74, 6) is -0.0115. The van der Waals surface area contributed by atoms with Gasteiger partial charge in [0.15, 0.2) is 0 Å². The van der Waals surface area contributed by atoms with Crippen molar-refractivity contribution in [3.63, 3.8) is 0 Å². The zero-order valence-corrected chi connectivity index (χ0v) is 35.7. The molecule has 0 saturated carbocycles. The van der Waals surface area contributed by atoms with Crippen molar-refractivity contribution < 1.29 is 23.8 Å². The van der Waals surface area contributed by atoms with E-state index in [1.807, 2.05) is 20.8 Å². The first kappa shape index (κ1) is 51.2. The van der Waals surface area contributed by atoms with E-state index in [0.29, 0.717) is 32.5 Å². The average molecular weight is 941 g/mol. The molecule has 2 N–H and O–H groups in total. The van der Waals surface area contributed by atoms with Crippen LogP contribution in [-0.2, 0) is 23.8 Å². The summed E-state index contributed by atoms with van der Waals surface area (Å²) in [5.41, 5.74) is 0.0417. The molecule has 300 valence electrons. The maximum absolute atomic E-state index is 12.2. The van der Waals surface area contributed by atoms with Crippen LogP contribution >= 0.6 is 0 Å². The van der Waals surface area contributed by atoms with Crippen LogP contribution in [0.3, 0.4) is 0 Å². The molecule has 0 aromatic rings. The van der Waals surface area contributed by atoms with Gasteiger partial charge in [-0.1, -0.05) is 155 Å². The number of methoxy groups -OCH3 is 1. The Kier molecular flexibility index (Phi) is 43.9. The maximum Gasteiger partial charge on any atom is 0.220 e. The van der Waals surface area contributed by atoms with Gasteiger partial charge in [-0.3, -0.25) is 4.79 Å². The molecule has 0 aliphatic carbocycles. The van der Waals surface area contributed by atoms with Gasteiger partial charge in [0.2, 0.25) is 5.91 Å². The number of nitrogens with one attached hydrogen (secondary N) is 2. The van der Waals surface area contributed by atoms with Crippen LogP contribution in [0.5, 0.6) is 0 Å². The predicted molar refractivity (Wildman–Crippen MR) is 205 cm³/mol. The molecule has 0 bridgehead atoms. The molecule has 0 saturated heterocycles. The second-order valence-corrected chi connectivity index (χ2v) is 14.6. The normalized spacial score (nSPS) is 11.7. The fraction of sp³-hybridized carbons (Fsp3) is 0.951. The molecule has 0 aliphatic rings. The van der Waals surface area contributed by atoms with Gasteiger partial charge in [0.05, 0.1) is 18.3 Å². The molecule has 0 heterocycles. The predicted octanol–water partition coefficient (Wildman–Crippen LogP) is 10.8. The van der Waals surface area contributed by atoms with Gasteiger partial charge in [-0.25, -0.2) is 0 Å². The first-order valence-electron chi connectivity index (χ1n) is 20.4. The fourth-order valence-electron chi connectivity index (χ4n) is 5.32. The summed E-state index contributed by atoms with van der Waals surface area (Å²) in [6.45, 7) is 13.6. The van der Waals surface area contributed by atoms with Crippen molar-refractivity contribution in [1.29, 1.82) is 0 Å². The van der Waals surface area contributed by atoms with Crippen molar-refractivity contribution in [2.24, 2.45) is 0 Å². The van der Waals surface area contributed by atoms with Crippen LogP contribution < -0.4 is 10.6 Å². The fourth-order valence-corrected chi connectivity index (χ4v) is 5.32. The molecular formula is C41H83FmN2O5-. The van der Waals surface area contributed by atoms with Crippen LogP contribution in [0.2, 0.25) is 0 Å². The van der Waals surface area contributed by atoms with Crippen LogP contribution in [-0.4, -0.2) is 64.0 Å². The third-order valence-corrected chi connectivity index (χ3v) is 8.71. The Labute approximate surface area is 299 Å². The largest absolute Gasteiger partial charge is 0.530 e. The first-order valence-corrected chi connectivity index (χ1v) is 20.4. The van der Waals surface area contributed by atoms with E-state index in [1.54, 1.807) is 13.5 Å². The summed E-state index contributed by atoms with van der Waals surface area (Å²) in [7, 11) is 1.71. The van der Waals surface area contributed by atoms with Crippen LogP contribution in [0.4, 0.5) is 0 Å². The molecule has 8 heteroatoms. The first-order chi connectivity index (χ1) is 23.3. The van der Waals surface area contributed by atoms with Gasteiger partial charge in [-0.2, -0.15) is 6.41 Å². The number of rotatable bonds is 36. The number of hydrogen-bond acceptors (Lipinski definition) is 5. The molecule has 0 fully saturated rings. The number of carbonyl (C=O) groups excluding carboxylic acids is 2. The molecule has 0 aromatic carbocycles. The van der Waals surface area contributed by atoms with Crippen molar-refractivity contribution in [3.05, 3.63) is 0 Å². The SMILES string of the molecule is CCCCCCCCCCCCCCOCC(CNC(=O)CCCN[C-]=O)OCCCCCCCCCCCCCC.COC(C)(C)C.[Fm]. The maximum atomic E-state index is 12.2. The minimum absolute atomic E-state index is 0. The summed E-state index contributed by atoms with van der Waals surface area (Å²) in [6, 6.07) is 0. The topological polar surface area (TPSA) is 85.9 Å². The quantitative estimate of drug-likeness (QED) is 0.0371. The van der Waals surface area contributed by atoms with Crippen LogP contribution in [0.1, 0.15) is 202 Å². The van der Waals surface area contributed by atoms with Gasteiger partial charge in [0.1, 0.15) is 0 Å². The van der Waals surface area contributed by atoms with Gasteiger partial charge in [0.25, 0.3) is 0 Å². The van der Waals surface area contributed by atoms with Gasteiger partial charge in [-0.15, -0.1) is 0 Å². The summed E-state index contributed by atoms with van der Waals surface area (Å²) < 4.78 is 17.0. The van der Waals surface area contributed by atoms with E-state index < -0.39 is 0 Å². The van der Waals surface area contributed by atoms with Crippen LogP contribution in [0.15, 0.2) is 0 Å². The zero-order chi connectivity index (χ0) is 35.8. The number of amides is 2. The molecule has 2 amide bonds. The zero-order valence-electron chi connectivity index (χ0n) is 33.3. The van der Waals surface area contributed by atoms with Crippen molar-refractivity contribution in [1.82, 2.24) is 10.6 Å². The van der Waals surface area contributed by atoms with Gasteiger partial charge < -0.3 is 29.6 Å². The second kappa shape index (κ2) is 42.0.